The number of hydrogen-bond acceptors (Lipinski definition) is 2. The van der Waals surface area contributed by atoms with Gasteiger partial charge in [0.2, 0.25) is 0 Å². The monoisotopic (exact) mass is 351 g/mol. The summed E-state index contributed by atoms with van der Waals surface area (Å²) in [4.78, 5) is 14.6. The SMILES string of the molecule is Cc1ccc(NC(=O)NC[C@H]2CCN(CCc3ccccc3)C2)cc1C. The van der Waals surface area contributed by atoms with Crippen LogP contribution in [0, 0.1) is 19.8 Å². The number of nitrogens with one attached hydrogen (secondary N) is 2. The molecule has 1 heterocycles. The Morgan fingerprint density at radius 2 is 1.92 bits per heavy atom. The van der Waals surface area contributed by atoms with E-state index in [9.17, 15) is 4.79 Å². The average molecular weight is 351 g/mol. The third-order valence-electron chi connectivity index (χ3n) is 5.25. The Bertz CT molecular complexity index is 729. The highest BCUT2D eigenvalue weighted by molar-refractivity contribution is 5.89. The second kappa shape index (κ2) is 8.86. The van der Waals surface area contributed by atoms with Gasteiger partial charge in [-0.1, -0.05) is 36.4 Å². The molecule has 1 fully saturated rings. The maximum absolute atomic E-state index is 12.1. The summed E-state index contributed by atoms with van der Waals surface area (Å²) in [7, 11) is 0. The Labute approximate surface area is 156 Å². The summed E-state index contributed by atoms with van der Waals surface area (Å²) in [6.07, 6.45) is 2.24. The summed E-state index contributed by atoms with van der Waals surface area (Å²) in [5, 5.41) is 5.95. The van der Waals surface area contributed by atoms with Gasteiger partial charge in [0.15, 0.2) is 0 Å². The van der Waals surface area contributed by atoms with Crippen molar-refractivity contribution in [1.82, 2.24) is 10.2 Å². The van der Waals surface area contributed by atoms with Crippen molar-refractivity contribution in [3.63, 3.8) is 0 Å². The highest BCUT2D eigenvalue weighted by Crippen LogP contribution is 2.17. The second-order valence-electron chi connectivity index (χ2n) is 7.32. The van der Waals surface area contributed by atoms with Gasteiger partial charge < -0.3 is 15.5 Å². The van der Waals surface area contributed by atoms with Crippen molar-refractivity contribution in [3.8, 4) is 0 Å². The Morgan fingerprint density at radius 3 is 2.69 bits per heavy atom. The number of aryl methyl sites for hydroxylation is 2. The number of carbonyl (C=O) groups is 1. The predicted octanol–water partition coefficient (Wildman–Crippen LogP) is 3.99. The summed E-state index contributed by atoms with van der Waals surface area (Å²) >= 11 is 0. The third-order valence-corrected chi connectivity index (χ3v) is 5.25. The zero-order valence-electron chi connectivity index (χ0n) is 15.8. The van der Waals surface area contributed by atoms with E-state index in [4.69, 9.17) is 0 Å². The second-order valence-corrected chi connectivity index (χ2v) is 7.32. The first-order valence-corrected chi connectivity index (χ1v) is 9.48. The average Bonchev–Trinajstić information content (AvgIpc) is 3.10. The van der Waals surface area contributed by atoms with Gasteiger partial charge in [-0.3, -0.25) is 0 Å². The number of benzene rings is 2. The number of urea groups is 1. The Hall–Kier alpha value is -2.33. The smallest absolute Gasteiger partial charge is 0.319 e. The van der Waals surface area contributed by atoms with Gasteiger partial charge in [-0.2, -0.15) is 0 Å². The first-order chi connectivity index (χ1) is 12.6. The highest BCUT2D eigenvalue weighted by Gasteiger charge is 2.22. The summed E-state index contributed by atoms with van der Waals surface area (Å²) in [5.41, 5.74) is 4.66. The lowest BCUT2D eigenvalue weighted by atomic mass is 10.1. The van der Waals surface area contributed by atoms with E-state index in [-0.39, 0.29) is 6.03 Å². The van der Waals surface area contributed by atoms with E-state index in [0.29, 0.717) is 5.92 Å². The molecule has 4 nitrogen and oxygen atoms in total. The number of nitrogens with zero attached hydrogens (tertiary/aromatic N) is 1. The first kappa shape index (κ1) is 18.5. The number of carbonyl (C=O) groups excluding carboxylic acids is 1. The molecule has 0 unspecified atom stereocenters. The Morgan fingerprint density at radius 1 is 1.12 bits per heavy atom. The summed E-state index contributed by atoms with van der Waals surface area (Å²) in [6.45, 7) is 8.15. The summed E-state index contributed by atoms with van der Waals surface area (Å²) in [5.74, 6) is 0.538. The van der Waals surface area contributed by atoms with Crippen molar-refractivity contribution in [3.05, 3.63) is 65.2 Å². The number of rotatable bonds is 6. The van der Waals surface area contributed by atoms with E-state index in [2.05, 4.69) is 59.7 Å². The number of likely N-dealkylation sites (tertiary alicyclic amines) is 1. The van der Waals surface area contributed by atoms with Gasteiger partial charge >= 0.3 is 6.03 Å². The molecule has 0 radical (unpaired) electrons. The lowest BCUT2D eigenvalue weighted by Crippen LogP contribution is -2.34. The van der Waals surface area contributed by atoms with Crippen LogP contribution in [0.1, 0.15) is 23.1 Å². The highest BCUT2D eigenvalue weighted by atomic mass is 16.2. The standard InChI is InChI=1S/C22H29N3O/c1-17-8-9-21(14-18(17)2)24-22(26)23-15-20-11-13-25(16-20)12-10-19-6-4-3-5-7-19/h3-9,14,20H,10-13,15-16H2,1-2H3,(H2,23,24,26)/t20-/m1/s1. The molecule has 0 spiro atoms. The van der Waals surface area contributed by atoms with Crippen LogP contribution in [0.15, 0.2) is 48.5 Å². The minimum atomic E-state index is -0.115. The number of hydrogen-bond donors (Lipinski definition) is 2. The molecule has 1 aliphatic rings. The molecule has 3 rings (SSSR count). The predicted molar refractivity (Wildman–Crippen MR) is 108 cm³/mol. The van der Waals surface area contributed by atoms with Crippen LogP contribution >= 0.6 is 0 Å². The normalized spacial score (nSPS) is 17.2. The first-order valence-electron chi connectivity index (χ1n) is 9.48. The molecule has 1 aliphatic heterocycles. The molecule has 2 amide bonds. The molecule has 0 bridgehead atoms. The molecule has 0 saturated carbocycles. The largest absolute Gasteiger partial charge is 0.338 e. The molecule has 1 atom stereocenters. The van der Waals surface area contributed by atoms with Crippen LogP contribution in [0.2, 0.25) is 0 Å². The van der Waals surface area contributed by atoms with E-state index >= 15 is 0 Å². The molecule has 2 aromatic carbocycles. The molecule has 2 N–H and O–H groups in total. The van der Waals surface area contributed by atoms with Crippen LogP contribution in [0.25, 0.3) is 0 Å². The van der Waals surface area contributed by atoms with Crippen LogP contribution in [-0.2, 0) is 6.42 Å². The summed E-state index contributed by atoms with van der Waals surface area (Å²) < 4.78 is 0. The minimum Gasteiger partial charge on any atom is -0.338 e. The Kier molecular flexibility index (Phi) is 6.29. The molecular formula is C22H29N3O. The van der Waals surface area contributed by atoms with Crippen molar-refractivity contribution in [2.45, 2.75) is 26.7 Å². The molecule has 0 aliphatic carbocycles. The minimum absolute atomic E-state index is 0.115. The van der Waals surface area contributed by atoms with Crippen LogP contribution in [0.4, 0.5) is 10.5 Å². The van der Waals surface area contributed by atoms with E-state index in [1.165, 1.54) is 16.7 Å². The van der Waals surface area contributed by atoms with Gasteiger partial charge in [0, 0.05) is 25.3 Å². The molecule has 26 heavy (non-hydrogen) atoms. The fraction of sp³-hybridized carbons (Fsp3) is 0.409. The number of anilines is 1. The van der Waals surface area contributed by atoms with Gasteiger partial charge in [-0.05, 0) is 68.0 Å². The van der Waals surface area contributed by atoms with Crippen LogP contribution in [0.3, 0.4) is 0 Å². The third kappa shape index (κ3) is 5.33. The molecule has 138 valence electrons. The van der Waals surface area contributed by atoms with Crippen molar-refractivity contribution < 1.29 is 4.79 Å². The van der Waals surface area contributed by atoms with E-state index in [1.54, 1.807) is 0 Å². The fourth-order valence-electron chi connectivity index (χ4n) is 3.45. The quantitative estimate of drug-likeness (QED) is 0.826. The molecule has 1 saturated heterocycles. The van der Waals surface area contributed by atoms with Gasteiger partial charge in [0.05, 0.1) is 0 Å². The zero-order valence-corrected chi connectivity index (χ0v) is 15.8. The zero-order chi connectivity index (χ0) is 18.4. The van der Waals surface area contributed by atoms with Crippen LogP contribution in [0.5, 0.6) is 0 Å². The summed E-state index contributed by atoms with van der Waals surface area (Å²) in [6, 6.07) is 16.5. The molecule has 2 aromatic rings. The molecule has 4 heteroatoms. The maximum Gasteiger partial charge on any atom is 0.319 e. The van der Waals surface area contributed by atoms with Gasteiger partial charge in [0.25, 0.3) is 0 Å². The van der Waals surface area contributed by atoms with Crippen molar-refractivity contribution in [1.29, 1.82) is 0 Å². The van der Waals surface area contributed by atoms with Gasteiger partial charge in [-0.15, -0.1) is 0 Å². The van der Waals surface area contributed by atoms with E-state index in [1.807, 2.05) is 18.2 Å². The Balaban J connectivity index is 1.37. The van der Waals surface area contributed by atoms with E-state index < -0.39 is 0 Å². The van der Waals surface area contributed by atoms with Crippen molar-refractivity contribution >= 4 is 11.7 Å². The van der Waals surface area contributed by atoms with Crippen molar-refractivity contribution in [2.75, 3.05) is 31.5 Å². The topological polar surface area (TPSA) is 44.4 Å². The molecule has 0 aromatic heterocycles. The number of amides is 2. The lowest BCUT2D eigenvalue weighted by molar-refractivity contribution is 0.249. The van der Waals surface area contributed by atoms with E-state index in [0.717, 1.165) is 44.7 Å². The molecular weight excluding hydrogens is 322 g/mol. The van der Waals surface area contributed by atoms with Gasteiger partial charge in [-0.25, -0.2) is 4.79 Å². The van der Waals surface area contributed by atoms with Gasteiger partial charge in [0.1, 0.15) is 0 Å². The lowest BCUT2D eigenvalue weighted by Gasteiger charge is -2.16. The maximum atomic E-state index is 12.1. The fourth-order valence-corrected chi connectivity index (χ4v) is 3.45. The van der Waals surface area contributed by atoms with Crippen molar-refractivity contribution in [2.24, 2.45) is 5.92 Å². The van der Waals surface area contributed by atoms with Crippen LogP contribution < -0.4 is 10.6 Å². The van der Waals surface area contributed by atoms with Crippen LogP contribution in [-0.4, -0.2) is 37.1 Å².